The Kier molecular flexibility index (Phi) is 3.47. The zero-order valence-electron chi connectivity index (χ0n) is 10.7. The van der Waals surface area contributed by atoms with Crippen molar-refractivity contribution in [1.29, 1.82) is 0 Å². The van der Waals surface area contributed by atoms with Crippen LogP contribution >= 0.6 is 0 Å². The van der Waals surface area contributed by atoms with Gasteiger partial charge in [0.25, 0.3) is 0 Å². The first-order valence-electron chi connectivity index (χ1n) is 5.85. The molecule has 0 saturated carbocycles. The quantitative estimate of drug-likeness (QED) is 0.703. The molecular weight excluding hydrogens is 227 g/mol. The van der Waals surface area contributed by atoms with Crippen LogP contribution in [0.25, 0.3) is 0 Å². The second-order valence-corrected chi connectivity index (χ2v) is 4.53. The van der Waals surface area contributed by atoms with E-state index in [4.69, 9.17) is 0 Å². The molecule has 0 bridgehead atoms. The molecule has 0 radical (unpaired) electrons. The number of rotatable bonds is 1. The summed E-state index contributed by atoms with van der Waals surface area (Å²) in [5.74, 6) is 5.90. The Morgan fingerprint density at radius 2 is 2.06 bits per heavy atom. The lowest BCUT2D eigenvalue weighted by Gasteiger charge is -2.06. The molecule has 0 saturated heterocycles. The van der Waals surface area contributed by atoms with E-state index in [1.54, 1.807) is 18.6 Å². The normalized spacial score (nSPS) is 10.3. The number of hydrogen-bond acceptors (Lipinski definition) is 1. The molecule has 0 aliphatic carbocycles. The van der Waals surface area contributed by atoms with E-state index in [2.05, 4.69) is 16.8 Å². The van der Waals surface area contributed by atoms with E-state index < -0.39 is 0 Å². The molecule has 0 amide bonds. The highest BCUT2D eigenvalue weighted by Gasteiger charge is 2.06. The number of hydrogen-bond donors (Lipinski definition) is 0. The monoisotopic (exact) mass is 242 g/mol. The predicted molar refractivity (Wildman–Crippen MR) is 69.7 cm³/mol. The summed E-state index contributed by atoms with van der Waals surface area (Å²) in [6.07, 6.45) is 3.37. The van der Waals surface area contributed by atoms with Crippen molar-refractivity contribution in [3.63, 3.8) is 0 Å². The maximum atomic E-state index is 13.8. The molecule has 0 fully saturated rings. The van der Waals surface area contributed by atoms with Gasteiger partial charge in [0.05, 0.1) is 12.5 Å². The molecule has 2 nitrogen and oxygen atoms in total. The molecule has 0 unspecified atom stereocenters. The minimum Gasteiger partial charge on any atom is -0.327 e. The summed E-state index contributed by atoms with van der Waals surface area (Å²) in [5, 5.41) is 0. The molecule has 0 atom stereocenters. The maximum absolute atomic E-state index is 13.8. The zero-order chi connectivity index (χ0) is 13.1. The van der Waals surface area contributed by atoms with Crippen LogP contribution in [-0.4, -0.2) is 9.55 Å². The van der Waals surface area contributed by atoms with Crippen molar-refractivity contribution < 1.29 is 4.39 Å². The average Bonchev–Trinajstić information content (AvgIpc) is 2.72. The van der Waals surface area contributed by atoms with Crippen molar-refractivity contribution >= 4 is 0 Å². The topological polar surface area (TPSA) is 17.8 Å². The second-order valence-electron chi connectivity index (χ2n) is 4.53. The third-order valence-electron chi connectivity index (χ3n) is 2.77. The summed E-state index contributed by atoms with van der Waals surface area (Å²) in [4.78, 5) is 3.98. The van der Waals surface area contributed by atoms with Crippen LogP contribution in [0.1, 0.15) is 36.6 Å². The lowest BCUT2D eigenvalue weighted by Crippen LogP contribution is -1.93. The van der Waals surface area contributed by atoms with E-state index >= 15 is 0 Å². The second kappa shape index (κ2) is 5.05. The SMILES string of the molecule is CC(C)c1ccc(C#Cc2cncn2C)cc1F. The van der Waals surface area contributed by atoms with Crippen molar-refractivity contribution in [3.8, 4) is 11.8 Å². The smallest absolute Gasteiger partial charge is 0.127 e. The van der Waals surface area contributed by atoms with Gasteiger partial charge >= 0.3 is 0 Å². The Hall–Kier alpha value is -2.08. The van der Waals surface area contributed by atoms with Crippen LogP contribution < -0.4 is 0 Å². The Morgan fingerprint density at radius 1 is 1.28 bits per heavy atom. The predicted octanol–water partition coefficient (Wildman–Crippen LogP) is 3.08. The first-order valence-corrected chi connectivity index (χ1v) is 5.85. The van der Waals surface area contributed by atoms with E-state index in [9.17, 15) is 4.39 Å². The van der Waals surface area contributed by atoms with Crippen LogP contribution in [0.2, 0.25) is 0 Å². The number of aryl methyl sites for hydroxylation is 1. The van der Waals surface area contributed by atoms with Crippen LogP contribution in [0.5, 0.6) is 0 Å². The van der Waals surface area contributed by atoms with Gasteiger partial charge in [-0.2, -0.15) is 0 Å². The summed E-state index contributed by atoms with van der Waals surface area (Å²) < 4.78 is 15.6. The van der Waals surface area contributed by atoms with E-state index in [0.29, 0.717) is 5.56 Å². The van der Waals surface area contributed by atoms with Gasteiger partial charge in [-0.1, -0.05) is 25.8 Å². The maximum Gasteiger partial charge on any atom is 0.127 e. The Morgan fingerprint density at radius 3 is 2.61 bits per heavy atom. The van der Waals surface area contributed by atoms with Crippen LogP contribution in [0.4, 0.5) is 4.39 Å². The van der Waals surface area contributed by atoms with E-state index in [1.165, 1.54) is 6.07 Å². The van der Waals surface area contributed by atoms with Crippen molar-refractivity contribution in [1.82, 2.24) is 9.55 Å². The molecule has 0 aliphatic rings. The van der Waals surface area contributed by atoms with Gasteiger partial charge < -0.3 is 4.57 Å². The van der Waals surface area contributed by atoms with Crippen molar-refractivity contribution in [2.75, 3.05) is 0 Å². The molecule has 2 aromatic rings. The van der Waals surface area contributed by atoms with Gasteiger partial charge in [0.15, 0.2) is 0 Å². The molecule has 1 heterocycles. The molecule has 0 spiro atoms. The van der Waals surface area contributed by atoms with Crippen molar-refractivity contribution in [3.05, 3.63) is 53.4 Å². The van der Waals surface area contributed by atoms with Gasteiger partial charge in [0.2, 0.25) is 0 Å². The summed E-state index contributed by atoms with van der Waals surface area (Å²) in [7, 11) is 1.87. The van der Waals surface area contributed by atoms with Gasteiger partial charge in [-0.15, -0.1) is 0 Å². The molecule has 1 aromatic carbocycles. The first kappa shape index (κ1) is 12.4. The van der Waals surface area contributed by atoms with Gasteiger partial charge in [-0.3, -0.25) is 0 Å². The average molecular weight is 242 g/mol. The third-order valence-corrected chi connectivity index (χ3v) is 2.77. The van der Waals surface area contributed by atoms with Crippen LogP contribution in [-0.2, 0) is 7.05 Å². The highest BCUT2D eigenvalue weighted by molar-refractivity contribution is 5.41. The number of imidazole rings is 1. The molecule has 2 rings (SSSR count). The fourth-order valence-corrected chi connectivity index (χ4v) is 1.69. The number of aromatic nitrogens is 2. The lowest BCUT2D eigenvalue weighted by atomic mass is 10.0. The molecule has 0 aliphatic heterocycles. The molecule has 18 heavy (non-hydrogen) atoms. The highest BCUT2D eigenvalue weighted by atomic mass is 19.1. The standard InChI is InChI=1S/C15H15FN2/c1-11(2)14-7-5-12(8-15(14)16)4-6-13-9-17-10-18(13)3/h5,7-11H,1-3H3. The Labute approximate surface area is 106 Å². The van der Waals surface area contributed by atoms with Crippen LogP contribution in [0.15, 0.2) is 30.7 Å². The van der Waals surface area contributed by atoms with Gasteiger partial charge in [0, 0.05) is 12.6 Å². The molecule has 0 N–H and O–H groups in total. The largest absolute Gasteiger partial charge is 0.327 e. The lowest BCUT2D eigenvalue weighted by molar-refractivity contribution is 0.598. The third kappa shape index (κ3) is 2.60. The summed E-state index contributed by atoms with van der Waals surface area (Å²) in [6.45, 7) is 3.94. The summed E-state index contributed by atoms with van der Waals surface area (Å²) >= 11 is 0. The fourth-order valence-electron chi connectivity index (χ4n) is 1.69. The Bertz CT molecular complexity index is 615. The van der Waals surface area contributed by atoms with Crippen molar-refractivity contribution in [2.24, 2.45) is 7.05 Å². The molecular formula is C15H15FN2. The zero-order valence-corrected chi connectivity index (χ0v) is 10.7. The number of nitrogens with zero attached hydrogens (tertiary/aromatic N) is 2. The Balaban J connectivity index is 2.29. The summed E-state index contributed by atoms with van der Waals surface area (Å²) in [6, 6.07) is 5.13. The highest BCUT2D eigenvalue weighted by Crippen LogP contribution is 2.18. The minimum absolute atomic E-state index is 0.184. The first-order chi connectivity index (χ1) is 8.58. The van der Waals surface area contributed by atoms with E-state index in [0.717, 1.165) is 11.3 Å². The van der Waals surface area contributed by atoms with Gasteiger partial charge in [-0.05, 0) is 29.5 Å². The molecule has 1 aromatic heterocycles. The van der Waals surface area contributed by atoms with Crippen LogP contribution in [0.3, 0.4) is 0 Å². The van der Waals surface area contributed by atoms with E-state index in [-0.39, 0.29) is 11.7 Å². The molecule has 3 heteroatoms. The minimum atomic E-state index is -0.193. The van der Waals surface area contributed by atoms with Gasteiger partial charge in [-0.25, -0.2) is 9.37 Å². The fraction of sp³-hybridized carbons (Fsp3) is 0.267. The van der Waals surface area contributed by atoms with Gasteiger partial charge in [0.1, 0.15) is 11.5 Å². The molecule has 92 valence electrons. The van der Waals surface area contributed by atoms with Crippen LogP contribution in [0, 0.1) is 17.7 Å². The summed E-state index contributed by atoms with van der Waals surface area (Å²) in [5.41, 5.74) is 2.21. The number of halogens is 1. The van der Waals surface area contributed by atoms with E-state index in [1.807, 2.05) is 31.5 Å². The van der Waals surface area contributed by atoms with Crippen molar-refractivity contribution in [2.45, 2.75) is 19.8 Å². The number of benzene rings is 1.